The lowest BCUT2D eigenvalue weighted by molar-refractivity contribution is -0.128. The van der Waals surface area contributed by atoms with E-state index in [1.165, 1.54) is 44.0 Å². The number of hydrogen-bond donors (Lipinski definition) is 1. The van der Waals surface area contributed by atoms with Crippen LogP contribution < -0.4 is 25.0 Å². The van der Waals surface area contributed by atoms with Gasteiger partial charge < -0.3 is 39.5 Å². The molecule has 2 N–H and O–H groups in total. The van der Waals surface area contributed by atoms with Crippen LogP contribution in [0.25, 0.3) is 0 Å². The Balaban J connectivity index is 0.000000256. The lowest BCUT2D eigenvalue weighted by Gasteiger charge is -2.36. The van der Waals surface area contributed by atoms with Crippen molar-refractivity contribution in [1.82, 2.24) is 28.4 Å². The van der Waals surface area contributed by atoms with Crippen LogP contribution in [0.2, 0.25) is 0 Å². The summed E-state index contributed by atoms with van der Waals surface area (Å²) in [5, 5.41) is 0. The predicted molar refractivity (Wildman–Crippen MR) is 281 cm³/mol. The van der Waals surface area contributed by atoms with Gasteiger partial charge in [-0.3, -0.25) is 14.6 Å². The van der Waals surface area contributed by atoms with Crippen LogP contribution in [-0.2, 0) is 40.8 Å². The highest BCUT2D eigenvalue weighted by Gasteiger charge is 2.28. The van der Waals surface area contributed by atoms with Crippen molar-refractivity contribution in [2.75, 3.05) is 118 Å². The Morgan fingerprint density at radius 2 is 1.07 bits per heavy atom. The van der Waals surface area contributed by atoms with Gasteiger partial charge in [0.05, 0.1) is 47.8 Å². The molecule has 0 radical (unpaired) electrons. The summed E-state index contributed by atoms with van der Waals surface area (Å²) >= 11 is 0. The van der Waals surface area contributed by atoms with Crippen molar-refractivity contribution in [2.45, 2.75) is 88.1 Å². The zero-order valence-corrected chi connectivity index (χ0v) is 45.5. The first kappa shape index (κ1) is 58.2. The summed E-state index contributed by atoms with van der Waals surface area (Å²) < 4.78 is 68.6. The molecule has 2 aromatic carbocycles. The first-order chi connectivity index (χ1) is 33.5. The van der Waals surface area contributed by atoms with Gasteiger partial charge in [0.2, 0.25) is 20.0 Å². The van der Waals surface area contributed by atoms with Gasteiger partial charge in [0, 0.05) is 84.0 Å². The summed E-state index contributed by atoms with van der Waals surface area (Å²) in [6.45, 7) is 11.7. The van der Waals surface area contributed by atoms with Crippen molar-refractivity contribution in [2.24, 2.45) is 0 Å². The maximum absolute atomic E-state index is 13.1. The van der Waals surface area contributed by atoms with Crippen LogP contribution in [0.3, 0.4) is 0 Å². The molecule has 6 rings (SSSR count). The number of rotatable bonds is 19. The monoisotopic (exact) mass is 1020 g/mol. The number of ether oxygens (including phenoxy) is 3. The van der Waals surface area contributed by atoms with Gasteiger partial charge in [0.25, 0.3) is 6.47 Å². The Bertz CT molecular complexity index is 2520. The number of likely N-dealkylation sites (N-methyl/N-ethyl adjacent to an activating group) is 1. The van der Waals surface area contributed by atoms with Gasteiger partial charge in [-0.1, -0.05) is 0 Å². The van der Waals surface area contributed by atoms with E-state index in [9.17, 15) is 26.4 Å². The average molecular weight is 1020 g/mol. The lowest BCUT2D eigenvalue weighted by atomic mass is 10.0. The van der Waals surface area contributed by atoms with E-state index in [1.54, 1.807) is 59.1 Å². The molecule has 71 heavy (non-hydrogen) atoms. The third-order valence-electron chi connectivity index (χ3n) is 13.1. The molecule has 20 heteroatoms. The summed E-state index contributed by atoms with van der Waals surface area (Å²) in [6.07, 6.45) is 8.71. The Kier molecular flexibility index (Phi) is 22.0. The molecule has 4 aromatic rings. The van der Waals surface area contributed by atoms with E-state index in [2.05, 4.69) is 68.6 Å². The quantitative estimate of drug-likeness (QED) is 0.0929. The Hall–Kier alpha value is -5.38. The molecule has 0 bridgehead atoms. The maximum Gasteiger partial charge on any atom is 0.293 e. The number of ketones is 1. The molecule has 2 aliphatic heterocycles. The SMILES string of the molecule is CN(C)C1CCN(c2ccc(N)nc2)CC1.COc1cc(C)c(S(=O)(=O)N(C)CCC(=O)Cc2ccc(N3CCC(N(C)C)CC3)cn2)c(C)c1.COc1cc(C)c(S(=O)(=O)N(C)CCOC=O)c(C)c1. The molecule has 392 valence electrons. The molecule has 18 nitrogen and oxygen atoms in total. The smallest absolute Gasteiger partial charge is 0.293 e. The summed E-state index contributed by atoms with van der Waals surface area (Å²) in [6, 6.07) is 16.0. The molecule has 0 spiro atoms. The van der Waals surface area contributed by atoms with Crippen LogP contribution in [0.1, 0.15) is 60.1 Å². The molecular formula is C51H77N9O9S2. The van der Waals surface area contributed by atoms with E-state index >= 15 is 0 Å². The van der Waals surface area contributed by atoms with E-state index in [1.807, 2.05) is 30.6 Å². The van der Waals surface area contributed by atoms with E-state index in [-0.39, 0.29) is 48.1 Å². The maximum atomic E-state index is 13.1. The summed E-state index contributed by atoms with van der Waals surface area (Å²) in [5.41, 5.74) is 11.0. The highest BCUT2D eigenvalue weighted by Crippen LogP contribution is 2.30. The van der Waals surface area contributed by atoms with Gasteiger partial charge in [0.1, 0.15) is 29.7 Å². The number of nitrogen functional groups attached to an aromatic ring is 1. The van der Waals surface area contributed by atoms with E-state index in [0.29, 0.717) is 57.8 Å². The predicted octanol–water partition coefficient (Wildman–Crippen LogP) is 5.36. The zero-order valence-electron chi connectivity index (χ0n) is 43.8. The second kappa shape index (κ2) is 26.9. The van der Waals surface area contributed by atoms with E-state index in [0.717, 1.165) is 55.1 Å². The number of benzene rings is 2. The van der Waals surface area contributed by atoms with Crippen LogP contribution in [0.15, 0.2) is 70.7 Å². The molecule has 4 heterocycles. The Morgan fingerprint density at radius 3 is 1.42 bits per heavy atom. The number of anilines is 3. The number of carbonyl (C=O) groups is 2. The molecule has 0 unspecified atom stereocenters. The van der Waals surface area contributed by atoms with E-state index < -0.39 is 20.0 Å². The molecular weight excluding hydrogens is 947 g/mol. The molecule has 0 saturated carbocycles. The fourth-order valence-corrected chi connectivity index (χ4v) is 11.9. The number of carbonyl (C=O) groups excluding carboxylic acids is 2. The fraction of sp³-hybridized carbons (Fsp3) is 0.529. The first-order valence-corrected chi connectivity index (χ1v) is 26.7. The highest BCUT2D eigenvalue weighted by molar-refractivity contribution is 7.89. The van der Waals surface area contributed by atoms with Gasteiger partial charge in [-0.2, -0.15) is 4.31 Å². The number of nitrogens with zero attached hydrogens (tertiary/aromatic N) is 8. The van der Waals surface area contributed by atoms with Crippen molar-refractivity contribution in [3.05, 3.63) is 88.9 Å². The highest BCUT2D eigenvalue weighted by atomic mass is 32.2. The normalized spacial score (nSPS) is 14.8. The number of Topliss-reactive ketones (excluding diaryl/α,β-unsaturated/α-hetero) is 1. The van der Waals surface area contributed by atoms with Crippen molar-refractivity contribution in [1.29, 1.82) is 0 Å². The minimum absolute atomic E-state index is 0.0213. The number of hydrogen-bond acceptors (Lipinski definition) is 16. The largest absolute Gasteiger partial charge is 0.497 e. The average Bonchev–Trinajstić information content (AvgIpc) is 3.33. The Labute approximate surface area is 423 Å². The number of aromatic nitrogens is 2. The first-order valence-electron chi connectivity index (χ1n) is 23.8. The number of nitrogens with two attached hydrogens (primary N) is 1. The van der Waals surface area contributed by atoms with Crippen molar-refractivity contribution < 1.29 is 40.6 Å². The topological polar surface area (TPSA) is 201 Å². The number of methoxy groups -OCH3 is 2. The van der Waals surface area contributed by atoms with Gasteiger partial charge in [-0.25, -0.2) is 26.1 Å². The lowest BCUT2D eigenvalue weighted by Crippen LogP contribution is -2.42. The molecule has 0 aliphatic carbocycles. The zero-order chi connectivity index (χ0) is 52.6. The molecule has 0 amide bonds. The van der Waals surface area contributed by atoms with Gasteiger partial charge in [0.15, 0.2) is 0 Å². The molecule has 2 aromatic heterocycles. The summed E-state index contributed by atoms with van der Waals surface area (Å²) in [4.78, 5) is 41.1. The number of aryl methyl sites for hydroxylation is 4. The van der Waals surface area contributed by atoms with Crippen molar-refractivity contribution in [3.63, 3.8) is 0 Å². The fourth-order valence-electron chi connectivity index (χ4n) is 8.80. The Morgan fingerprint density at radius 1 is 0.662 bits per heavy atom. The van der Waals surface area contributed by atoms with Crippen LogP contribution in [0.4, 0.5) is 17.2 Å². The van der Waals surface area contributed by atoms with Crippen LogP contribution in [0, 0.1) is 27.7 Å². The standard InChI is InChI=1S/C26H38N4O4S.C13H19NO5S.C12H20N4/c1-19-15-25(34-6)16-20(2)26(19)35(32,33)29(5)12-11-24(31)17-21-7-8-23(18-27-21)30-13-9-22(10-14-30)28(3)4;1-10-7-12(18-4)8-11(2)13(10)20(16,17)14(3)5-6-19-9-15;1-15(2)10-5-7-16(8-6-10)11-3-4-12(13)14-9-11/h7-8,15-16,18,22H,9-14,17H2,1-6H3;7-9H,5-6H2,1-4H3;3-4,9-10H,5-8H2,1-2H3,(H2,13,14). The van der Waals surface area contributed by atoms with Gasteiger partial charge in [-0.05, 0) is 152 Å². The second-order valence-electron chi connectivity index (χ2n) is 18.6. The number of sulfonamides is 2. The van der Waals surface area contributed by atoms with Crippen molar-refractivity contribution in [3.8, 4) is 11.5 Å². The third kappa shape index (κ3) is 16.3. The minimum Gasteiger partial charge on any atom is -0.497 e. The van der Waals surface area contributed by atoms with Gasteiger partial charge in [-0.15, -0.1) is 0 Å². The third-order valence-corrected chi connectivity index (χ3v) is 17.4. The van der Waals surface area contributed by atoms with Crippen LogP contribution in [0.5, 0.6) is 11.5 Å². The van der Waals surface area contributed by atoms with Gasteiger partial charge >= 0.3 is 0 Å². The minimum atomic E-state index is -3.72. The summed E-state index contributed by atoms with van der Waals surface area (Å²) in [7, 11) is 7.27. The van der Waals surface area contributed by atoms with Crippen LogP contribution >= 0.6 is 0 Å². The van der Waals surface area contributed by atoms with Crippen LogP contribution in [-0.4, -0.2) is 172 Å². The number of piperidine rings is 2. The van der Waals surface area contributed by atoms with Crippen molar-refractivity contribution >= 4 is 49.5 Å². The molecule has 0 atom stereocenters. The molecule has 2 aliphatic rings. The second-order valence-corrected chi connectivity index (χ2v) is 22.5. The summed E-state index contributed by atoms with van der Waals surface area (Å²) in [5.74, 6) is 1.79. The molecule has 2 saturated heterocycles. The van der Waals surface area contributed by atoms with E-state index in [4.69, 9.17) is 15.2 Å². The number of pyridine rings is 2. The molecule has 2 fully saturated rings.